The minimum atomic E-state index is -0.263. The number of carbonyl (C=O) groups excluding carboxylic acids is 1. The Hall–Kier alpha value is -1.36. The minimum Gasteiger partial charge on any atom is -0.350 e. The van der Waals surface area contributed by atoms with Gasteiger partial charge in [0.05, 0.1) is 12.0 Å². The maximum absolute atomic E-state index is 12.2. The Bertz CT molecular complexity index is 566. The van der Waals surface area contributed by atoms with Gasteiger partial charge in [-0.05, 0) is 43.9 Å². The monoisotopic (exact) mass is 335 g/mol. The lowest BCUT2D eigenvalue weighted by molar-refractivity contribution is -0.316. The van der Waals surface area contributed by atoms with Crippen molar-refractivity contribution in [2.24, 2.45) is 5.92 Å². The van der Waals surface area contributed by atoms with E-state index in [1.165, 1.54) is 5.06 Å². The van der Waals surface area contributed by atoms with Crippen LogP contribution < -0.4 is 0 Å². The second-order valence-corrected chi connectivity index (χ2v) is 6.54. The quantitative estimate of drug-likeness (QED) is 0.762. The fraction of sp³-hybridized carbons (Fsp3) is 0.500. The van der Waals surface area contributed by atoms with E-state index in [4.69, 9.17) is 21.2 Å². The van der Waals surface area contributed by atoms with E-state index in [0.29, 0.717) is 13.0 Å². The number of benzene rings is 1. The molecule has 4 nitrogen and oxygen atoms in total. The van der Waals surface area contributed by atoms with Gasteiger partial charge in [0.1, 0.15) is 0 Å². The van der Waals surface area contributed by atoms with Crippen LogP contribution in [0.5, 0.6) is 0 Å². The Morgan fingerprint density at radius 3 is 2.78 bits per heavy atom. The summed E-state index contributed by atoms with van der Waals surface area (Å²) in [5.74, 6) is 0.0366. The van der Waals surface area contributed by atoms with Gasteiger partial charge in [-0.3, -0.25) is 4.79 Å². The molecule has 3 atom stereocenters. The predicted molar refractivity (Wildman–Crippen MR) is 89.6 cm³/mol. The first kappa shape index (κ1) is 16.5. The number of rotatable bonds is 5. The van der Waals surface area contributed by atoms with Crippen molar-refractivity contribution in [3.8, 4) is 0 Å². The molecular formula is C18H22ClNO3. The fourth-order valence-electron chi connectivity index (χ4n) is 2.94. The molecule has 0 radical (unpaired) electrons. The lowest BCUT2D eigenvalue weighted by atomic mass is 9.88. The van der Waals surface area contributed by atoms with Crippen LogP contribution in [0.1, 0.15) is 38.2 Å². The number of amides is 1. The Morgan fingerprint density at radius 2 is 2.13 bits per heavy atom. The highest BCUT2D eigenvalue weighted by Crippen LogP contribution is 2.32. The third kappa shape index (κ3) is 3.94. The topological polar surface area (TPSA) is 38.8 Å². The summed E-state index contributed by atoms with van der Waals surface area (Å²) in [4.78, 5) is 17.9. The smallest absolute Gasteiger partial charge is 0.252 e. The molecule has 1 amide bonds. The first-order valence-electron chi connectivity index (χ1n) is 8.19. The highest BCUT2D eigenvalue weighted by Gasteiger charge is 2.46. The third-order valence-corrected chi connectivity index (χ3v) is 4.68. The molecule has 0 N–H and O–H groups in total. The summed E-state index contributed by atoms with van der Waals surface area (Å²) >= 11 is 5.86. The maximum Gasteiger partial charge on any atom is 0.252 e. The van der Waals surface area contributed by atoms with E-state index in [1.54, 1.807) is 0 Å². The molecule has 1 aromatic rings. The molecule has 2 fully saturated rings. The number of hydrogen-bond donors (Lipinski definition) is 0. The van der Waals surface area contributed by atoms with Crippen molar-refractivity contribution in [3.05, 3.63) is 40.9 Å². The predicted octanol–water partition coefficient (Wildman–Crippen LogP) is 4.05. The van der Waals surface area contributed by atoms with Gasteiger partial charge in [0, 0.05) is 18.1 Å². The summed E-state index contributed by atoms with van der Waals surface area (Å²) in [5.41, 5.74) is 1.08. The van der Waals surface area contributed by atoms with Gasteiger partial charge < -0.3 is 4.74 Å². The standard InChI is InChI=1S/C18H22ClNO3/c1-13-16(6-4-5-14-8-10-15(19)11-9-14)18(21)20(13)23-17-7-2-3-12-22-17/h4-5,8-11,13,16-17H,2-3,6-7,12H2,1H3/t13-,16+,17?/m0/s1. The second-order valence-electron chi connectivity index (χ2n) is 6.10. The van der Waals surface area contributed by atoms with E-state index in [0.717, 1.165) is 29.8 Å². The molecule has 0 aromatic heterocycles. The Kier molecular flexibility index (Phi) is 5.36. The number of allylic oxidation sites excluding steroid dienone is 1. The van der Waals surface area contributed by atoms with E-state index < -0.39 is 0 Å². The van der Waals surface area contributed by atoms with Crippen LogP contribution in [0.3, 0.4) is 0 Å². The molecule has 2 saturated heterocycles. The molecule has 0 spiro atoms. The van der Waals surface area contributed by atoms with E-state index in [9.17, 15) is 4.79 Å². The van der Waals surface area contributed by atoms with Crippen LogP contribution in [0.4, 0.5) is 0 Å². The third-order valence-electron chi connectivity index (χ3n) is 4.43. The number of halogens is 1. The van der Waals surface area contributed by atoms with Crippen LogP contribution in [-0.4, -0.2) is 29.9 Å². The van der Waals surface area contributed by atoms with E-state index in [-0.39, 0.29) is 24.2 Å². The van der Waals surface area contributed by atoms with Crippen LogP contribution in [0, 0.1) is 5.92 Å². The number of hydrogen-bond acceptors (Lipinski definition) is 3. The Morgan fingerprint density at radius 1 is 1.35 bits per heavy atom. The highest BCUT2D eigenvalue weighted by molar-refractivity contribution is 6.30. The number of nitrogens with zero attached hydrogens (tertiary/aromatic N) is 1. The van der Waals surface area contributed by atoms with Crippen LogP contribution >= 0.6 is 11.6 Å². The number of hydroxylamine groups is 2. The van der Waals surface area contributed by atoms with Crippen molar-refractivity contribution in [1.29, 1.82) is 0 Å². The van der Waals surface area contributed by atoms with Crippen LogP contribution in [0.25, 0.3) is 6.08 Å². The summed E-state index contributed by atoms with van der Waals surface area (Å²) in [6.07, 6.45) is 7.53. The van der Waals surface area contributed by atoms with E-state index in [2.05, 4.69) is 0 Å². The zero-order chi connectivity index (χ0) is 16.2. The molecule has 2 aliphatic rings. The highest BCUT2D eigenvalue weighted by atomic mass is 35.5. The van der Waals surface area contributed by atoms with Gasteiger partial charge in [0.2, 0.25) is 0 Å². The zero-order valence-electron chi connectivity index (χ0n) is 13.3. The normalized spacial score (nSPS) is 28.2. The summed E-state index contributed by atoms with van der Waals surface area (Å²) in [7, 11) is 0. The fourth-order valence-corrected chi connectivity index (χ4v) is 3.07. The van der Waals surface area contributed by atoms with Gasteiger partial charge >= 0.3 is 0 Å². The van der Waals surface area contributed by atoms with E-state index in [1.807, 2.05) is 43.3 Å². The van der Waals surface area contributed by atoms with Crippen molar-refractivity contribution in [1.82, 2.24) is 5.06 Å². The molecule has 1 aromatic carbocycles. The summed E-state index contributed by atoms with van der Waals surface area (Å²) in [5, 5.41) is 2.21. The average molecular weight is 336 g/mol. The maximum atomic E-state index is 12.2. The zero-order valence-corrected chi connectivity index (χ0v) is 14.0. The van der Waals surface area contributed by atoms with Crippen molar-refractivity contribution < 1.29 is 14.4 Å². The first-order valence-corrected chi connectivity index (χ1v) is 8.56. The summed E-state index contributed by atoms with van der Waals surface area (Å²) in [6.45, 7) is 2.74. The molecule has 0 saturated carbocycles. The summed E-state index contributed by atoms with van der Waals surface area (Å²) < 4.78 is 5.52. The molecule has 2 aliphatic heterocycles. The molecule has 124 valence electrons. The second kappa shape index (κ2) is 7.47. The minimum absolute atomic E-state index is 0.0119. The van der Waals surface area contributed by atoms with Crippen LogP contribution in [-0.2, 0) is 14.4 Å². The first-order chi connectivity index (χ1) is 11.1. The summed E-state index contributed by atoms with van der Waals surface area (Å²) in [6, 6.07) is 7.72. The lowest BCUT2D eigenvalue weighted by Crippen LogP contribution is -2.60. The molecule has 0 bridgehead atoms. The van der Waals surface area contributed by atoms with Crippen molar-refractivity contribution in [2.75, 3.05) is 6.61 Å². The molecule has 3 rings (SSSR count). The molecule has 5 heteroatoms. The van der Waals surface area contributed by atoms with Gasteiger partial charge in [0.15, 0.2) is 6.29 Å². The van der Waals surface area contributed by atoms with Gasteiger partial charge in [-0.2, -0.15) is 0 Å². The van der Waals surface area contributed by atoms with Crippen molar-refractivity contribution in [2.45, 2.75) is 44.9 Å². The van der Waals surface area contributed by atoms with Crippen molar-refractivity contribution >= 4 is 23.6 Å². The number of β-lactam (4-membered cyclic amide) rings is 1. The van der Waals surface area contributed by atoms with Crippen LogP contribution in [0.2, 0.25) is 5.02 Å². The SMILES string of the molecule is C[C@H]1[C@@H](CC=Cc2ccc(Cl)cc2)C(=O)N1OC1CCCCO1. The Balaban J connectivity index is 1.48. The molecular weight excluding hydrogens is 314 g/mol. The van der Waals surface area contributed by atoms with Gasteiger partial charge in [0.25, 0.3) is 5.91 Å². The van der Waals surface area contributed by atoms with Gasteiger partial charge in [-0.25, -0.2) is 9.90 Å². The van der Waals surface area contributed by atoms with Crippen LogP contribution in [0.15, 0.2) is 30.3 Å². The Labute approximate surface area is 142 Å². The average Bonchev–Trinajstić information content (AvgIpc) is 2.59. The molecule has 1 unspecified atom stereocenters. The lowest BCUT2D eigenvalue weighted by Gasteiger charge is -2.45. The number of carbonyl (C=O) groups is 1. The number of ether oxygens (including phenoxy) is 1. The van der Waals surface area contributed by atoms with E-state index >= 15 is 0 Å². The van der Waals surface area contributed by atoms with Gasteiger partial charge in [-0.1, -0.05) is 35.9 Å². The largest absolute Gasteiger partial charge is 0.350 e. The molecule has 2 heterocycles. The molecule has 0 aliphatic carbocycles. The van der Waals surface area contributed by atoms with Crippen molar-refractivity contribution in [3.63, 3.8) is 0 Å². The molecule has 23 heavy (non-hydrogen) atoms. The van der Waals surface area contributed by atoms with Gasteiger partial charge in [-0.15, -0.1) is 0 Å².